The van der Waals surface area contributed by atoms with Gasteiger partial charge in [0.25, 0.3) is 5.91 Å². The number of hydrogen-bond donors (Lipinski definition) is 1. The van der Waals surface area contributed by atoms with E-state index in [0.29, 0.717) is 22.8 Å². The summed E-state index contributed by atoms with van der Waals surface area (Å²) in [6, 6.07) is 5.44. The Morgan fingerprint density at radius 2 is 2.22 bits per heavy atom. The smallest absolute Gasteiger partial charge is 0.372 e. The van der Waals surface area contributed by atoms with Crippen LogP contribution >= 0.6 is 11.8 Å². The predicted molar refractivity (Wildman–Crippen MR) is 80.8 cm³/mol. The van der Waals surface area contributed by atoms with Crippen molar-refractivity contribution < 1.29 is 22.7 Å². The zero-order valence-electron chi connectivity index (χ0n) is 12.4. The molecule has 0 aliphatic carbocycles. The maximum Gasteiger partial charge on any atom is 0.411 e. The molecular formula is C14H16F3N3O2S. The molecule has 0 atom stereocenters. The number of halogens is 3. The fraction of sp³-hybridized carbons (Fsp3) is 0.429. The lowest BCUT2D eigenvalue weighted by molar-refractivity contribution is -0.173. The third-order valence-electron chi connectivity index (χ3n) is 2.93. The molecule has 1 N–H and O–H groups in total. The van der Waals surface area contributed by atoms with Gasteiger partial charge >= 0.3 is 6.18 Å². The Hall–Kier alpha value is -1.74. The lowest BCUT2D eigenvalue weighted by Gasteiger charge is -2.07. The van der Waals surface area contributed by atoms with Gasteiger partial charge < -0.3 is 10.1 Å². The number of thioether (sulfide) groups is 1. The molecule has 0 saturated carbocycles. The Kier molecular flexibility index (Phi) is 5.89. The number of carbonyl (C=O) groups is 1. The first kappa shape index (κ1) is 17.6. The number of hydrogen-bond acceptors (Lipinski definition) is 4. The van der Waals surface area contributed by atoms with E-state index >= 15 is 0 Å². The van der Waals surface area contributed by atoms with Crippen LogP contribution in [-0.4, -0.2) is 47.5 Å². The summed E-state index contributed by atoms with van der Waals surface area (Å²) in [6.45, 7) is -1.12. The van der Waals surface area contributed by atoms with Gasteiger partial charge in [-0.3, -0.25) is 9.20 Å². The molecule has 0 bridgehead atoms. The van der Waals surface area contributed by atoms with E-state index in [1.165, 1.54) is 11.8 Å². The molecule has 23 heavy (non-hydrogen) atoms. The third kappa shape index (κ3) is 4.87. The second kappa shape index (κ2) is 7.69. The van der Waals surface area contributed by atoms with E-state index < -0.39 is 12.8 Å². The van der Waals surface area contributed by atoms with Gasteiger partial charge in [0.15, 0.2) is 10.9 Å². The third-order valence-corrected chi connectivity index (χ3v) is 3.58. The summed E-state index contributed by atoms with van der Waals surface area (Å²) in [5.41, 5.74) is 0.980. The molecule has 2 aromatic heterocycles. The molecule has 0 fully saturated rings. The van der Waals surface area contributed by atoms with Gasteiger partial charge in [-0.1, -0.05) is 17.8 Å². The number of pyridine rings is 1. The Morgan fingerprint density at radius 1 is 1.43 bits per heavy atom. The van der Waals surface area contributed by atoms with E-state index in [2.05, 4.69) is 15.0 Å². The number of aromatic nitrogens is 2. The summed E-state index contributed by atoms with van der Waals surface area (Å²) >= 11 is 1.42. The van der Waals surface area contributed by atoms with E-state index in [0.717, 1.165) is 0 Å². The minimum absolute atomic E-state index is 0.0697. The molecule has 1 amide bonds. The van der Waals surface area contributed by atoms with Gasteiger partial charge in [0.2, 0.25) is 0 Å². The van der Waals surface area contributed by atoms with Crippen LogP contribution in [0.5, 0.6) is 0 Å². The number of alkyl halides is 3. The van der Waals surface area contributed by atoms with Crippen molar-refractivity contribution >= 4 is 23.2 Å². The van der Waals surface area contributed by atoms with Crippen LogP contribution in [0, 0.1) is 0 Å². The molecule has 0 aromatic carbocycles. The van der Waals surface area contributed by atoms with Crippen LogP contribution < -0.4 is 5.32 Å². The number of imidazole rings is 1. The minimum atomic E-state index is -4.33. The van der Waals surface area contributed by atoms with Crippen molar-refractivity contribution in [3.63, 3.8) is 0 Å². The van der Waals surface area contributed by atoms with Crippen LogP contribution in [0.15, 0.2) is 29.6 Å². The summed E-state index contributed by atoms with van der Waals surface area (Å²) in [4.78, 5) is 16.5. The van der Waals surface area contributed by atoms with Gasteiger partial charge in [-0.25, -0.2) is 4.98 Å². The highest BCUT2D eigenvalue weighted by Crippen LogP contribution is 2.19. The van der Waals surface area contributed by atoms with Gasteiger partial charge in [-0.05, 0) is 24.8 Å². The number of carbonyl (C=O) groups excluding carboxylic acids is 1. The molecule has 0 spiro atoms. The Bertz CT molecular complexity index is 673. The first-order chi connectivity index (χ1) is 10.9. The van der Waals surface area contributed by atoms with E-state index in [1.54, 1.807) is 6.07 Å². The first-order valence-electron chi connectivity index (χ1n) is 6.86. The Balaban J connectivity index is 1.87. The normalized spacial score (nSPS) is 11.8. The van der Waals surface area contributed by atoms with E-state index in [-0.39, 0.29) is 19.1 Å². The van der Waals surface area contributed by atoms with Gasteiger partial charge in [0.1, 0.15) is 6.61 Å². The summed E-state index contributed by atoms with van der Waals surface area (Å²) in [5.74, 6) is -0.357. The highest BCUT2D eigenvalue weighted by molar-refractivity contribution is 7.98. The van der Waals surface area contributed by atoms with Gasteiger partial charge in [-0.15, -0.1) is 0 Å². The number of nitrogens with zero attached hydrogens (tertiary/aromatic N) is 2. The van der Waals surface area contributed by atoms with Crippen LogP contribution in [0.2, 0.25) is 0 Å². The molecule has 0 unspecified atom stereocenters. The highest BCUT2D eigenvalue weighted by atomic mass is 32.2. The topological polar surface area (TPSA) is 55.6 Å². The standard InChI is InChI=1S/C14H16F3N3O2S/c1-23-13-19-11(10-5-2-3-7-20(10)13)12(21)18-6-4-8-22-9-14(15,16)17/h2-3,5,7H,4,6,8-9H2,1H3,(H,18,21). The summed E-state index contributed by atoms with van der Waals surface area (Å²) in [7, 11) is 0. The van der Waals surface area contributed by atoms with Gasteiger partial charge in [0, 0.05) is 19.3 Å². The Morgan fingerprint density at radius 3 is 2.91 bits per heavy atom. The highest BCUT2D eigenvalue weighted by Gasteiger charge is 2.27. The zero-order chi connectivity index (χ0) is 16.9. The second-order valence-electron chi connectivity index (χ2n) is 4.68. The van der Waals surface area contributed by atoms with E-state index in [1.807, 2.05) is 29.0 Å². The average Bonchev–Trinajstić information content (AvgIpc) is 2.88. The molecule has 0 aliphatic rings. The maximum atomic E-state index is 12.2. The molecule has 5 nitrogen and oxygen atoms in total. The van der Waals surface area contributed by atoms with Crippen molar-refractivity contribution in [1.82, 2.24) is 14.7 Å². The molecule has 9 heteroatoms. The number of rotatable bonds is 7. The number of ether oxygens (including phenoxy) is 1. The molecule has 0 aliphatic heterocycles. The van der Waals surface area contributed by atoms with Gasteiger partial charge in [0.05, 0.1) is 5.52 Å². The quantitative estimate of drug-likeness (QED) is 0.618. The number of nitrogens with one attached hydrogen (secondary N) is 1. The van der Waals surface area contributed by atoms with Crippen LogP contribution in [0.4, 0.5) is 13.2 Å². The van der Waals surface area contributed by atoms with Crippen molar-refractivity contribution in [2.24, 2.45) is 0 Å². The molecule has 126 valence electrons. The summed E-state index contributed by atoms with van der Waals surface area (Å²) in [6.07, 6.45) is -0.354. The van der Waals surface area contributed by atoms with Crippen molar-refractivity contribution in [2.75, 3.05) is 26.0 Å². The Labute approximate surface area is 135 Å². The average molecular weight is 347 g/mol. The fourth-order valence-electron chi connectivity index (χ4n) is 1.97. The number of fused-ring (bicyclic) bond motifs is 1. The summed E-state index contributed by atoms with van der Waals surface area (Å²) in [5, 5.41) is 3.33. The first-order valence-corrected chi connectivity index (χ1v) is 8.08. The zero-order valence-corrected chi connectivity index (χ0v) is 13.2. The van der Waals surface area contributed by atoms with Crippen molar-refractivity contribution in [3.05, 3.63) is 30.1 Å². The second-order valence-corrected chi connectivity index (χ2v) is 5.45. The van der Waals surface area contributed by atoms with Gasteiger partial charge in [-0.2, -0.15) is 13.2 Å². The van der Waals surface area contributed by atoms with Crippen LogP contribution in [-0.2, 0) is 4.74 Å². The van der Waals surface area contributed by atoms with Crippen LogP contribution in [0.25, 0.3) is 5.52 Å². The fourth-order valence-corrected chi connectivity index (χ4v) is 2.51. The molecule has 2 aromatic rings. The predicted octanol–water partition coefficient (Wildman–Crippen LogP) is 2.76. The molecule has 2 rings (SSSR count). The lowest BCUT2D eigenvalue weighted by Crippen LogP contribution is -2.26. The summed E-state index contributed by atoms with van der Waals surface area (Å²) < 4.78 is 42.0. The SMILES string of the molecule is CSc1nc(C(=O)NCCCOCC(F)(F)F)c2ccccn12. The van der Waals surface area contributed by atoms with Crippen LogP contribution in [0.1, 0.15) is 16.9 Å². The monoisotopic (exact) mass is 347 g/mol. The minimum Gasteiger partial charge on any atom is -0.372 e. The van der Waals surface area contributed by atoms with Crippen LogP contribution in [0.3, 0.4) is 0 Å². The molecule has 0 radical (unpaired) electrons. The molecule has 2 heterocycles. The lowest BCUT2D eigenvalue weighted by atomic mass is 10.3. The molecular weight excluding hydrogens is 331 g/mol. The van der Waals surface area contributed by atoms with E-state index in [4.69, 9.17) is 0 Å². The van der Waals surface area contributed by atoms with Crippen molar-refractivity contribution in [2.45, 2.75) is 17.8 Å². The molecule has 0 saturated heterocycles. The number of amides is 1. The largest absolute Gasteiger partial charge is 0.411 e. The maximum absolute atomic E-state index is 12.2. The van der Waals surface area contributed by atoms with Crippen molar-refractivity contribution in [3.8, 4) is 0 Å². The van der Waals surface area contributed by atoms with E-state index in [9.17, 15) is 18.0 Å². The van der Waals surface area contributed by atoms with Crippen molar-refractivity contribution in [1.29, 1.82) is 0 Å².